The Kier molecular flexibility index (Phi) is 5.64. The van der Waals surface area contributed by atoms with E-state index in [0.29, 0.717) is 17.4 Å². The number of rotatable bonds is 4. The smallest absolute Gasteiger partial charge is 0.338 e. The predicted octanol–water partition coefficient (Wildman–Crippen LogP) is 5.85. The van der Waals surface area contributed by atoms with Crippen LogP contribution in [0.5, 0.6) is 0 Å². The zero-order chi connectivity index (χ0) is 17.8. The highest BCUT2D eigenvalue weighted by Crippen LogP contribution is 2.36. The number of allylic oxidation sites excluding steroid dienone is 1. The number of hydrogen-bond acceptors (Lipinski definition) is 3. The second-order valence-corrected chi connectivity index (χ2v) is 7.94. The molecule has 25 heavy (non-hydrogen) atoms. The number of carbonyl (C=O) groups is 1. The first kappa shape index (κ1) is 17.8. The van der Waals surface area contributed by atoms with E-state index in [1.165, 1.54) is 34.4 Å². The largest absolute Gasteiger partial charge is 0.462 e. The van der Waals surface area contributed by atoms with Crippen molar-refractivity contribution < 1.29 is 9.53 Å². The fraction of sp³-hybridized carbons (Fsp3) is 0.318. The van der Waals surface area contributed by atoms with Crippen LogP contribution in [-0.2, 0) is 11.2 Å². The average Bonchev–Trinajstić information content (AvgIpc) is 2.62. The zero-order valence-electron chi connectivity index (χ0n) is 15.0. The number of aryl methyl sites for hydroxylation is 1. The number of ether oxygens (including phenoxy) is 1. The van der Waals surface area contributed by atoms with E-state index in [1.807, 2.05) is 43.0 Å². The van der Waals surface area contributed by atoms with Gasteiger partial charge in [-0.2, -0.15) is 0 Å². The van der Waals surface area contributed by atoms with Crippen molar-refractivity contribution in [3.05, 3.63) is 64.7 Å². The second kappa shape index (κ2) is 7.92. The van der Waals surface area contributed by atoms with Gasteiger partial charge in [0, 0.05) is 10.1 Å². The molecule has 0 bridgehead atoms. The van der Waals surface area contributed by atoms with Crippen LogP contribution < -0.4 is 0 Å². The number of hydrogen-bond donors (Lipinski definition) is 0. The average molecular weight is 352 g/mol. The van der Waals surface area contributed by atoms with Crippen LogP contribution in [-0.4, -0.2) is 17.8 Å². The van der Waals surface area contributed by atoms with Gasteiger partial charge in [0.1, 0.15) is 0 Å². The first-order valence-corrected chi connectivity index (χ1v) is 9.70. The van der Waals surface area contributed by atoms with Crippen molar-refractivity contribution in [3.8, 4) is 0 Å². The van der Waals surface area contributed by atoms with E-state index in [4.69, 9.17) is 4.74 Å². The van der Waals surface area contributed by atoms with Crippen LogP contribution >= 0.6 is 11.8 Å². The van der Waals surface area contributed by atoms with Gasteiger partial charge in [-0.1, -0.05) is 37.3 Å². The molecule has 1 unspecified atom stereocenters. The summed E-state index contributed by atoms with van der Waals surface area (Å²) in [6.07, 6.45) is 4.58. The lowest BCUT2D eigenvalue weighted by molar-refractivity contribution is 0.0526. The minimum atomic E-state index is -0.267. The van der Waals surface area contributed by atoms with E-state index < -0.39 is 0 Å². The molecule has 0 aliphatic carbocycles. The summed E-state index contributed by atoms with van der Waals surface area (Å²) in [5.41, 5.74) is 5.65. The molecule has 2 aromatic carbocycles. The number of carbonyl (C=O) groups excluding carboxylic acids is 1. The number of fused-ring (bicyclic) bond motifs is 1. The van der Waals surface area contributed by atoms with E-state index in [0.717, 1.165) is 5.56 Å². The normalized spacial score (nSPS) is 17.1. The fourth-order valence-electron chi connectivity index (χ4n) is 3.03. The van der Waals surface area contributed by atoms with Crippen molar-refractivity contribution in [2.75, 3.05) is 6.61 Å². The van der Waals surface area contributed by atoms with Crippen LogP contribution in [0.4, 0.5) is 0 Å². The predicted molar refractivity (Wildman–Crippen MR) is 106 cm³/mol. The molecule has 1 aliphatic rings. The Morgan fingerprint density at radius 3 is 2.64 bits per heavy atom. The van der Waals surface area contributed by atoms with Gasteiger partial charge in [-0.3, -0.25) is 0 Å². The Morgan fingerprint density at radius 2 is 1.92 bits per heavy atom. The molecule has 1 heterocycles. The Labute approximate surface area is 154 Å². The third kappa shape index (κ3) is 4.35. The zero-order valence-corrected chi connectivity index (χ0v) is 15.9. The van der Waals surface area contributed by atoms with Crippen molar-refractivity contribution in [1.82, 2.24) is 0 Å². The molecule has 0 saturated heterocycles. The quantitative estimate of drug-likeness (QED) is 0.510. The third-order valence-corrected chi connectivity index (χ3v) is 5.76. The Balaban J connectivity index is 1.78. The van der Waals surface area contributed by atoms with Crippen LogP contribution in [0.15, 0.2) is 47.4 Å². The highest BCUT2D eigenvalue weighted by molar-refractivity contribution is 8.00. The summed E-state index contributed by atoms with van der Waals surface area (Å²) in [4.78, 5) is 13.1. The van der Waals surface area contributed by atoms with E-state index in [9.17, 15) is 4.79 Å². The summed E-state index contributed by atoms with van der Waals surface area (Å²) in [5, 5.41) is 0.716. The molecule has 1 atom stereocenters. The van der Waals surface area contributed by atoms with Crippen molar-refractivity contribution in [2.45, 2.75) is 43.8 Å². The van der Waals surface area contributed by atoms with Gasteiger partial charge in [0.05, 0.1) is 12.2 Å². The first-order chi connectivity index (χ1) is 12.1. The SMILES string of the molecule is CCOC(=O)c1ccc(/C=C(\C)c2ccc3c(c2)CCC(C)S3)cc1. The molecule has 0 amide bonds. The maximum absolute atomic E-state index is 11.7. The minimum Gasteiger partial charge on any atom is -0.462 e. The van der Waals surface area contributed by atoms with E-state index >= 15 is 0 Å². The number of esters is 1. The first-order valence-electron chi connectivity index (χ1n) is 8.82. The standard InChI is InChI=1S/C22H24O2S/c1-4-24-22(23)18-9-6-17(7-10-18)13-15(2)19-11-12-21-20(14-19)8-5-16(3)25-21/h6-7,9-14,16H,4-5,8H2,1-3H3/b15-13+. The topological polar surface area (TPSA) is 26.3 Å². The molecule has 0 radical (unpaired) electrons. The summed E-state index contributed by atoms with van der Waals surface area (Å²) in [7, 11) is 0. The van der Waals surface area contributed by atoms with Crippen molar-refractivity contribution >= 4 is 29.4 Å². The van der Waals surface area contributed by atoms with Gasteiger partial charge in [0.15, 0.2) is 0 Å². The summed E-state index contributed by atoms with van der Waals surface area (Å²) < 4.78 is 5.02. The Bertz CT molecular complexity index is 790. The molecule has 0 aromatic heterocycles. The van der Waals surface area contributed by atoms with Gasteiger partial charge in [-0.25, -0.2) is 4.79 Å². The van der Waals surface area contributed by atoms with E-state index in [1.54, 1.807) is 0 Å². The van der Waals surface area contributed by atoms with Gasteiger partial charge in [0.2, 0.25) is 0 Å². The van der Waals surface area contributed by atoms with E-state index in [2.05, 4.69) is 38.1 Å². The minimum absolute atomic E-state index is 0.267. The lowest BCUT2D eigenvalue weighted by atomic mass is 9.99. The fourth-order valence-corrected chi connectivity index (χ4v) is 4.16. The molecular weight excluding hydrogens is 328 g/mol. The monoisotopic (exact) mass is 352 g/mol. The third-order valence-electron chi connectivity index (χ3n) is 4.47. The maximum Gasteiger partial charge on any atom is 0.338 e. The van der Waals surface area contributed by atoms with Gasteiger partial charge in [-0.15, -0.1) is 11.8 Å². The van der Waals surface area contributed by atoms with Crippen molar-refractivity contribution in [3.63, 3.8) is 0 Å². The molecule has 3 heteroatoms. The van der Waals surface area contributed by atoms with Crippen molar-refractivity contribution in [2.24, 2.45) is 0 Å². The summed E-state index contributed by atoms with van der Waals surface area (Å²) in [5.74, 6) is -0.267. The number of benzene rings is 2. The highest BCUT2D eigenvalue weighted by atomic mass is 32.2. The molecule has 1 aliphatic heterocycles. The van der Waals surface area contributed by atoms with Gasteiger partial charge >= 0.3 is 5.97 Å². The summed E-state index contributed by atoms with van der Waals surface area (Å²) in [6, 6.07) is 14.4. The summed E-state index contributed by atoms with van der Waals surface area (Å²) in [6.45, 7) is 6.65. The molecule has 2 aromatic rings. The van der Waals surface area contributed by atoms with Crippen LogP contribution in [0.1, 0.15) is 54.2 Å². The Hall–Kier alpha value is -2.00. The van der Waals surface area contributed by atoms with Crippen molar-refractivity contribution in [1.29, 1.82) is 0 Å². The molecular formula is C22H24O2S. The van der Waals surface area contributed by atoms with Gasteiger partial charge < -0.3 is 4.74 Å². The molecule has 2 nitrogen and oxygen atoms in total. The molecule has 0 N–H and O–H groups in total. The lowest BCUT2D eigenvalue weighted by Crippen LogP contribution is -2.06. The molecule has 0 spiro atoms. The van der Waals surface area contributed by atoms with Gasteiger partial charge in [0.25, 0.3) is 0 Å². The van der Waals surface area contributed by atoms with Crippen LogP contribution in [0.2, 0.25) is 0 Å². The van der Waals surface area contributed by atoms with E-state index in [-0.39, 0.29) is 5.97 Å². The Morgan fingerprint density at radius 1 is 1.20 bits per heavy atom. The van der Waals surface area contributed by atoms with Crippen LogP contribution in [0.3, 0.4) is 0 Å². The lowest BCUT2D eigenvalue weighted by Gasteiger charge is -2.21. The molecule has 0 saturated carbocycles. The van der Waals surface area contributed by atoms with Gasteiger partial charge in [-0.05, 0) is 67.2 Å². The molecule has 0 fully saturated rings. The summed E-state index contributed by atoms with van der Waals surface area (Å²) >= 11 is 1.98. The molecule has 3 rings (SSSR count). The van der Waals surface area contributed by atoms with Crippen LogP contribution in [0, 0.1) is 0 Å². The highest BCUT2D eigenvalue weighted by Gasteiger charge is 2.16. The second-order valence-electron chi connectivity index (χ2n) is 6.46. The van der Waals surface area contributed by atoms with Crippen LogP contribution in [0.25, 0.3) is 11.6 Å². The maximum atomic E-state index is 11.7. The molecule has 130 valence electrons. The number of thioether (sulfide) groups is 1.